The third-order valence-corrected chi connectivity index (χ3v) is 3.28. The number of benzene rings is 1. The van der Waals surface area contributed by atoms with Gasteiger partial charge in [0, 0.05) is 5.69 Å². The predicted molar refractivity (Wildman–Crippen MR) is 64.8 cm³/mol. The zero-order chi connectivity index (χ0) is 17.5. The number of nitrogen functional groups attached to an aromatic ring is 1. The highest BCUT2D eigenvalue weighted by molar-refractivity contribution is 5.56. The molecule has 1 rings (SSSR count). The van der Waals surface area contributed by atoms with E-state index in [9.17, 15) is 35.1 Å². The van der Waals surface area contributed by atoms with Crippen molar-refractivity contribution in [1.29, 1.82) is 0 Å². The maximum atomic E-state index is 13.4. The van der Waals surface area contributed by atoms with Gasteiger partial charge in [0.05, 0.1) is 0 Å². The van der Waals surface area contributed by atoms with Crippen molar-refractivity contribution in [2.45, 2.75) is 44.5 Å². The minimum Gasteiger partial charge on any atom is -0.398 e. The average molecular weight is 335 g/mol. The first-order valence-electron chi connectivity index (χ1n) is 6.13. The van der Waals surface area contributed by atoms with Crippen molar-refractivity contribution in [3.63, 3.8) is 0 Å². The van der Waals surface area contributed by atoms with Gasteiger partial charge in [0.2, 0.25) is 0 Å². The van der Waals surface area contributed by atoms with Crippen molar-refractivity contribution in [3.05, 3.63) is 28.8 Å². The summed E-state index contributed by atoms with van der Waals surface area (Å²) in [5, 5.41) is 0. The molecule has 0 fully saturated rings. The Morgan fingerprint density at radius 3 is 1.86 bits per heavy atom. The topological polar surface area (TPSA) is 26.0 Å². The lowest BCUT2D eigenvalue weighted by molar-refractivity contribution is -0.326. The number of rotatable bonds is 3. The summed E-state index contributed by atoms with van der Waals surface area (Å²) in [7, 11) is 0. The maximum Gasteiger partial charge on any atom is 0.454 e. The fraction of sp³-hybridized carbons (Fsp3) is 0.538. The van der Waals surface area contributed by atoms with E-state index in [2.05, 4.69) is 0 Å². The molecule has 0 bridgehead atoms. The van der Waals surface area contributed by atoms with Gasteiger partial charge in [-0.3, -0.25) is 0 Å². The van der Waals surface area contributed by atoms with Crippen LogP contribution in [0.2, 0.25) is 0 Å². The van der Waals surface area contributed by atoms with Gasteiger partial charge in [-0.2, -0.15) is 35.1 Å². The molecule has 0 saturated heterocycles. The first-order chi connectivity index (χ1) is 9.73. The van der Waals surface area contributed by atoms with Crippen molar-refractivity contribution in [2.24, 2.45) is 0 Å². The molecule has 1 aromatic rings. The second-order valence-corrected chi connectivity index (χ2v) is 4.86. The van der Waals surface area contributed by atoms with Crippen LogP contribution >= 0.6 is 0 Å². The van der Waals surface area contributed by atoms with Gasteiger partial charge in [-0.25, -0.2) is 0 Å². The molecule has 0 aliphatic carbocycles. The standard InChI is InChI=1S/C13H13F8N/c1-3-7-5-8(4-6(2)9(7)22)10(12(16,17)18)11(14,15)13(19,20)21/h4-5,10H,3,22H2,1-2H3. The fourth-order valence-corrected chi connectivity index (χ4v) is 2.13. The zero-order valence-corrected chi connectivity index (χ0v) is 11.5. The molecule has 1 nitrogen and oxygen atoms in total. The van der Waals surface area contributed by atoms with Crippen molar-refractivity contribution < 1.29 is 35.1 Å². The molecule has 0 aromatic heterocycles. The summed E-state index contributed by atoms with van der Waals surface area (Å²) in [5.41, 5.74) is 4.59. The van der Waals surface area contributed by atoms with E-state index in [0.29, 0.717) is 12.1 Å². The molecular formula is C13H13F8N. The van der Waals surface area contributed by atoms with E-state index in [1.54, 1.807) is 0 Å². The van der Waals surface area contributed by atoms with E-state index in [1.165, 1.54) is 13.8 Å². The number of hydrogen-bond donors (Lipinski definition) is 1. The van der Waals surface area contributed by atoms with Crippen molar-refractivity contribution in [3.8, 4) is 0 Å². The van der Waals surface area contributed by atoms with Crippen LogP contribution in [-0.4, -0.2) is 18.3 Å². The maximum absolute atomic E-state index is 13.4. The summed E-state index contributed by atoms with van der Waals surface area (Å²) in [6, 6.07) is 1.27. The highest BCUT2D eigenvalue weighted by Gasteiger charge is 2.70. The van der Waals surface area contributed by atoms with Gasteiger partial charge in [-0.1, -0.05) is 19.1 Å². The van der Waals surface area contributed by atoms with E-state index >= 15 is 0 Å². The van der Waals surface area contributed by atoms with Gasteiger partial charge in [0.1, 0.15) is 0 Å². The van der Waals surface area contributed by atoms with E-state index in [1.807, 2.05) is 0 Å². The highest BCUT2D eigenvalue weighted by Crippen LogP contribution is 2.53. The molecule has 22 heavy (non-hydrogen) atoms. The summed E-state index contributed by atoms with van der Waals surface area (Å²) in [5.74, 6) is -9.93. The lowest BCUT2D eigenvalue weighted by Crippen LogP contribution is -2.48. The van der Waals surface area contributed by atoms with Crippen LogP contribution in [0.25, 0.3) is 0 Å². The van der Waals surface area contributed by atoms with Crippen LogP contribution in [-0.2, 0) is 6.42 Å². The highest BCUT2D eigenvalue weighted by atomic mass is 19.4. The Hall–Kier alpha value is -1.54. The first-order valence-corrected chi connectivity index (χ1v) is 6.13. The van der Waals surface area contributed by atoms with E-state index in [4.69, 9.17) is 5.73 Å². The largest absolute Gasteiger partial charge is 0.454 e. The van der Waals surface area contributed by atoms with Gasteiger partial charge < -0.3 is 5.73 Å². The Bertz CT molecular complexity index is 544. The summed E-state index contributed by atoms with van der Waals surface area (Å²) in [6.07, 6.45) is -12.0. The van der Waals surface area contributed by atoms with Gasteiger partial charge >= 0.3 is 18.3 Å². The van der Waals surface area contributed by atoms with E-state index in [-0.39, 0.29) is 23.2 Å². The second kappa shape index (κ2) is 5.58. The van der Waals surface area contributed by atoms with Crippen LogP contribution in [0.5, 0.6) is 0 Å². The van der Waals surface area contributed by atoms with Gasteiger partial charge in [-0.15, -0.1) is 0 Å². The predicted octanol–water partition coefficient (Wildman–Crippen LogP) is 4.98. The molecule has 1 aromatic carbocycles. The molecule has 9 heteroatoms. The molecule has 0 radical (unpaired) electrons. The number of alkyl halides is 8. The van der Waals surface area contributed by atoms with Gasteiger partial charge in [0.25, 0.3) is 0 Å². The Balaban J connectivity index is 3.60. The van der Waals surface area contributed by atoms with Gasteiger partial charge in [-0.05, 0) is 30.0 Å². The molecule has 1 atom stereocenters. The number of anilines is 1. The summed E-state index contributed by atoms with van der Waals surface area (Å²) < 4.78 is 103. The average Bonchev–Trinajstić information content (AvgIpc) is 2.29. The summed E-state index contributed by atoms with van der Waals surface area (Å²) >= 11 is 0. The van der Waals surface area contributed by atoms with Crippen LogP contribution in [0.4, 0.5) is 40.8 Å². The summed E-state index contributed by atoms with van der Waals surface area (Å²) in [6.45, 7) is 2.75. The molecule has 2 N–H and O–H groups in total. The van der Waals surface area contributed by atoms with Crippen LogP contribution in [0.15, 0.2) is 12.1 Å². The molecule has 126 valence electrons. The van der Waals surface area contributed by atoms with Crippen LogP contribution in [0.3, 0.4) is 0 Å². The van der Waals surface area contributed by atoms with Crippen molar-refractivity contribution >= 4 is 5.69 Å². The molecule has 0 aliphatic rings. The molecule has 0 saturated carbocycles. The third-order valence-electron chi connectivity index (χ3n) is 3.28. The number of aryl methyl sites for hydroxylation is 2. The van der Waals surface area contributed by atoms with Crippen LogP contribution in [0.1, 0.15) is 29.5 Å². The zero-order valence-electron chi connectivity index (χ0n) is 11.5. The minimum atomic E-state index is -6.32. The molecule has 0 amide bonds. The van der Waals surface area contributed by atoms with E-state index in [0.717, 1.165) is 0 Å². The Morgan fingerprint density at radius 1 is 1.00 bits per heavy atom. The van der Waals surface area contributed by atoms with Crippen molar-refractivity contribution in [2.75, 3.05) is 5.73 Å². The van der Waals surface area contributed by atoms with Crippen LogP contribution in [0, 0.1) is 6.92 Å². The molecule has 0 spiro atoms. The number of nitrogens with two attached hydrogens (primary N) is 1. The molecular weight excluding hydrogens is 322 g/mol. The smallest absolute Gasteiger partial charge is 0.398 e. The fourth-order valence-electron chi connectivity index (χ4n) is 2.13. The van der Waals surface area contributed by atoms with Gasteiger partial charge in [0.15, 0.2) is 5.92 Å². The third kappa shape index (κ3) is 3.27. The van der Waals surface area contributed by atoms with E-state index < -0.39 is 29.8 Å². The molecule has 1 unspecified atom stereocenters. The van der Waals surface area contributed by atoms with Crippen LogP contribution < -0.4 is 5.73 Å². The minimum absolute atomic E-state index is 0.0153. The van der Waals surface area contributed by atoms with Crippen molar-refractivity contribution in [1.82, 2.24) is 0 Å². The Labute approximate surface area is 121 Å². The molecule has 0 aliphatic heterocycles. The summed E-state index contributed by atoms with van der Waals surface area (Å²) in [4.78, 5) is 0. The Morgan fingerprint density at radius 2 is 1.50 bits per heavy atom. The monoisotopic (exact) mass is 335 g/mol. The lowest BCUT2D eigenvalue weighted by Gasteiger charge is -2.31. The normalized spacial score (nSPS) is 15.0. The lowest BCUT2D eigenvalue weighted by atomic mass is 9.88. The molecule has 0 heterocycles. The SMILES string of the molecule is CCc1cc(C(C(F)(F)F)C(F)(F)C(F)(F)F)cc(C)c1N. The number of hydrogen-bond acceptors (Lipinski definition) is 1. The quantitative estimate of drug-likeness (QED) is 0.612. The first kappa shape index (κ1) is 18.5. The second-order valence-electron chi connectivity index (χ2n) is 4.86. The Kier molecular flexibility index (Phi) is 4.70. The number of halogens is 8.